The van der Waals surface area contributed by atoms with Crippen LogP contribution in [0, 0.1) is 19.8 Å². The summed E-state index contributed by atoms with van der Waals surface area (Å²) < 4.78 is 2.13. The molecule has 1 spiro atoms. The molecule has 6 rings (SSSR count). The molecule has 1 unspecified atom stereocenters. The average Bonchev–Trinajstić information content (AvgIpc) is 3.52. The molecule has 0 aromatic carbocycles. The molecule has 2 atom stereocenters. The zero-order chi connectivity index (χ0) is 22.0. The van der Waals surface area contributed by atoms with Crippen LogP contribution in [0.4, 0.5) is 17.2 Å². The van der Waals surface area contributed by atoms with E-state index in [4.69, 9.17) is 9.97 Å². The lowest BCUT2D eigenvalue weighted by Gasteiger charge is -2.39. The van der Waals surface area contributed by atoms with Gasteiger partial charge in [0.15, 0.2) is 5.69 Å². The molecule has 0 bridgehead atoms. The van der Waals surface area contributed by atoms with E-state index in [9.17, 15) is 0 Å². The zero-order valence-electron chi connectivity index (χ0n) is 19.9. The molecule has 1 N–H and O–H groups in total. The van der Waals surface area contributed by atoms with Gasteiger partial charge in [0.2, 0.25) is 0 Å². The van der Waals surface area contributed by atoms with Gasteiger partial charge in [-0.1, -0.05) is 6.92 Å². The highest BCUT2D eigenvalue weighted by molar-refractivity contribution is 5.95. The van der Waals surface area contributed by atoms with Gasteiger partial charge in [-0.05, 0) is 48.7 Å². The first-order valence-electron chi connectivity index (χ1n) is 12.2. The highest BCUT2D eigenvalue weighted by Crippen LogP contribution is 2.41. The van der Waals surface area contributed by atoms with E-state index in [1.165, 1.54) is 41.0 Å². The van der Waals surface area contributed by atoms with Gasteiger partial charge in [0.25, 0.3) is 0 Å². The van der Waals surface area contributed by atoms with Crippen molar-refractivity contribution in [2.45, 2.75) is 51.5 Å². The minimum atomic E-state index is 0.394. The summed E-state index contributed by atoms with van der Waals surface area (Å²) in [6.45, 7) is 12.2. The van der Waals surface area contributed by atoms with Crippen LogP contribution in [0.15, 0.2) is 18.3 Å². The van der Waals surface area contributed by atoms with Crippen LogP contribution < -0.4 is 15.1 Å². The quantitative estimate of drug-likeness (QED) is 0.755. The molecule has 168 valence electrons. The highest BCUT2D eigenvalue weighted by atomic mass is 15.2. The number of piperazine rings is 1. The summed E-state index contributed by atoms with van der Waals surface area (Å²) in [5.41, 5.74) is 8.11. The smallest absolute Gasteiger partial charge is 0.336 e. The van der Waals surface area contributed by atoms with Crippen molar-refractivity contribution in [1.29, 1.82) is 0 Å². The third-order valence-electron chi connectivity index (χ3n) is 8.10. The minimum Gasteiger partial charge on any atom is -0.370 e. The number of aromatic nitrogens is 2. The number of rotatable bonds is 3. The highest BCUT2D eigenvalue weighted by Gasteiger charge is 2.45. The first kappa shape index (κ1) is 20.2. The lowest BCUT2D eigenvalue weighted by Crippen LogP contribution is -2.52. The number of piperidine rings is 1. The fourth-order valence-corrected chi connectivity index (χ4v) is 6.06. The zero-order valence-corrected chi connectivity index (χ0v) is 19.9. The van der Waals surface area contributed by atoms with Gasteiger partial charge >= 0.3 is 5.82 Å². The third-order valence-corrected chi connectivity index (χ3v) is 8.10. The number of anilines is 2. The maximum atomic E-state index is 5.06. The molecular formula is C26H35N6+. The summed E-state index contributed by atoms with van der Waals surface area (Å²) in [5, 5.41) is 3.71. The van der Waals surface area contributed by atoms with Gasteiger partial charge in [-0.2, -0.15) is 0 Å². The summed E-state index contributed by atoms with van der Waals surface area (Å²) in [6, 6.07) is 4.65. The molecule has 0 amide bonds. The summed E-state index contributed by atoms with van der Waals surface area (Å²) >= 11 is 0. The van der Waals surface area contributed by atoms with Gasteiger partial charge in [0, 0.05) is 62.9 Å². The Labute approximate surface area is 191 Å². The van der Waals surface area contributed by atoms with Gasteiger partial charge < -0.3 is 15.1 Å². The molecule has 5 heterocycles. The maximum Gasteiger partial charge on any atom is 0.336 e. The maximum absolute atomic E-state index is 5.06. The Morgan fingerprint density at radius 2 is 2.00 bits per heavy atom. The van der Waals surface area contributed by atoms with Crippen molar-refractivity contribution < 1.29 is 4.58 Å². The van der Waals surface area contributed by atoms with Gasteiger partial charge in [0.05, 0.1) is 24.6 Å². The number of hydrogen-bond acceptors (Lipinski definition) is 5. The molecule has 2 saturated heterocycles. The van der Waals surface area contributed by atoms with E-state index in [2.05, 4.69) is 72.1 Å². The van der Waals surface area contributed by atoms with Gasteiger partial charge in [-0.15, -0.1) is 0 Å². The van der Waals surface area contributed by atoms with E-state index in [0.717, 1.165) is 50.7 Å². The van der Waals surface area contributed by atoms with Crippen LogP contribution >= 0.6 is 0 Å². The van der Waals surface area contributed by atoms with E-state index in [0.29, 0.717) is 17.4 Å². The normalized spacial score (nSPS) is 25.9. The monoisotopic (exact) mass is 431 g/mol. The van der Waals surface area contributed by atoms with Crippen molar-refractivity contribution in [3.05, 3.63) is 40.8 Å². The second-order valence-electron chi connectivity index (χ2n) is 10.6. The Balaban J connectivity index is 1.19. The van der Waals surface area contributed by atoms with E-state index in [1.54, 1.807) is 0 Å². The molecule has 0 radical (unpaired) electrons. The topological polar surface area (TPSA) is 47.3 Å². The number of fused-ring (bicyclic) bond motifs is 1. The van der Waals surface area contributed by atoms with Crippen LogP contribution in [-0.2, 0) is 0 Å². The molecule has 32 heavy (non-hydrogen) atoms. The van der Waals surface area contributed by atoms with Crippen LogP contribution in [0.5, 0.6) is 0 Å². The molecule has 6 heteroatoms. The van der Waals surface area contributed by atoms with Crippen molar-refractivity contribution in [2.24, 2.45) is 5.92 Å². The molecule has 3 fully saturated rings. The van der Waals surface area contributed by atoms with Crippen molar-refractivity contribution in [1.82, 2.24) is 15.3 Å². The number of aryl methyl sites for hydroxylation is 2. The van der Waals surface area contributed by atoms with E-state index in [-0.39, 0.29) is 0 Å². The summed E-state index contributed by atoms with van der Waals surface area (Å²) in [4.78, 5) is 14.9. The van der Waals surface area contributed by atoms with Crippen molar-refractivity contribution in [3.8, 4) is 0 Å². The predicted molar refractivity (Wildman–Crippen MR) is 130 cm³/mol. The Bertz CT molecular complexity index is 1100. The molecule has 1 aliphatic carbocycles. The van der Waals surface area contributed by atoms with Crippen LogP contribution in [-0.4, -0.2) is 66.1 Å². The number of nitrogens with zero attached hydrogens (tertiary/aromatic N) is 5. The van der Waals surface area contributed by atoms with Gasteiger partial charge in [-0.3, -0.25) is 4.98 Å². The second kappa shape index (κ2) is 7.27. The third kappa shape index (κ3) is 3.31. The Morgan fingerprint density at radius 1 is 1.16 bits per heavy atom. The minimum absolute atomic E-state index is 0.394. The van der Waals surface area contributed by atoms with Gasteiger partial charge in [0.1, 0.15) is 11.8 Å². The molecule has 4 aliphatic rings. The summed E-state index contributed by atoms with van der Waals surface area (Å²) in [5.74, 6) is 2.21. The lowest BCUT2D eigenvalue weighted by molar-refractivity contribution is -0.416. The fraction of sp³-hybridized carbons (Fsp3) is 0.577. The van der Waals surface area contributed by atoms with Gasteiger partial charge in [-0.25, -0.2) is 4.58 Å². The standard InChI is InChI=1S/C26H35N6/c1-17-11-20(32-10-8-28-26(16-32)6-7-26)13-27-24(17)21-5-9-31(14-18(21)2)23-12-19(3)29-25-22(23)15-30(25)4/h11-13,15,18,21,28H,5-10,14,16H2,1-4H3/q+1/t18?,21-/m1/s1. The van der Waals surface area contributed by atoms with E-state index < -0.39 is 0 Å². The fourth-order valence-electron chi connectivity index (χ4n) is 6.06. The molecule has 2 aromatic heterocycles. The molecule has 1 saturated carbocycles. The molecule has 3 aliphatic heterocycles. The second-order valence-corrected chi connectivity index (χ2v) is 10.6. The van der Waals surface area contributed by atoms with Crippen LogP contribution in [0.3, 0.4) is 0 Å². The van der Waals surface area contributed by atoms with Crippen LogP contribution in [0.25, 0.3) is 0 Å². The first-order valence-corrected chi connectivity index (χ1v) is 12.2. The number of pyridine rings is 2. The number of nitrogens with one attached hydrogen (secondary N) is 1. The molecule has 6 nitrogen and oxygen atoms in total. The van der Waals surface area contributed by atoms with Crippen molar-refractivity contribution in [2.75, 3.05) is 49.6 Å². The molecule has 2 aromatic rings. The largest absolute Gasteiger partial charge is 0.370 e. The van der Waals surface area contributed by atoms with E-state index in [1.807, 2.05) is 0 Å². The molecular weight excluding hydrogens is 396 g/mol. The summed E-state index contributed by atoms with van der Waals surface area (Å²) in [7, 11) is 2.08. The lowest BCUT2D eigenvalue weighted by atomic mass is 9.82. The average molecular weight is 432 g/mol. The Hall–Kier alpha value is -2.47. The van der Waals surface area contributed by atoms with Crippen molar-refractivity contribution >= 4 is 23.4 Å². The Kier molecular flexibility index (Phi) is 4.58. The van der Waals surface area contributed by atoms with Crippen LogP contribution in [0.1, 0.15) is 54.6 Å². The van der Waals surface area contributed by atoms with Crippen LogP contribution in [0.2, 0.25) is 0 Å². The summed E-state index contributed by atoms with van der Waals surface area (Å²) in [6.07, 6.45) is 8.14. The SMILES string of the molecule is Cc1cc(N2CC[C@@H](c3ncc(N4CCNC5(CC5)C4)cc3C)C(C)C2)c2c(n1)[N+](C)=C2. The Morgan fingerprint density at radius 3 is 2.72 bits per heavy atom. The first-order chi connectivity index (χ1) is 15.4. The van der Waals surface area contributed by atoms with E-state index >= 15 is 0 Å². The number of hydrogen-bond donors (Lipinski definition) is 1. The predicted octanol–water partition coefficient (Wildman–Crippen LogP) is 3.37. The van der Waals surface area contributed by atoms with Crippen molar-refractivity contribution in [3.63, 3.8) is 0 Å².